The van der Waals surface area contributed by atoms with E-state index in [2.05, 4.69) is 21.0 Å². The Morgan fingerprint density at radius 3 is 2.54 bits per heavy atom. The summed E-state index contributed by atoms with van der Waals surface area (Å²) in [6, 6.07) is 9.88. The molecule has 5 nitrogen and oxygen atoms in total. The second kappa shape index (κ2) is 6.68. The predicted octanol–water partition coefficient (Wildman–Crippen LogP) is 3.90. The van der Waals surface area contributed by atoms with E-state index in [1.165, 1.54) is 24.3 Å². The first kappa shape index (κ1) is 18.3. The average Bonchev–Trinajstić information content (AvgIpc) is 3.15. The van der Waals surface area contributed by atoms with Crippen molar-refractivity contribution in [1.82, 2.24) is 5.01 Å². The molecule has 28 heavy (non-hydrogen) atoms. The van der Waals surface area contributed by atoms with Crippen molar-refractivity contribution >= 4 is 33.5 Å². The van der Waals surface area contributed by atoms with Crippen molar-refractivity contribution in [3.63, 3.8) is 0 Å². The normalized spacial score (nSPS) is 35.8. The molecule has 6 heteroatoms. The second-order valence-corrected chi connectivity index (χ2v) is 10.8. The SMILES string of the molecule is O=C(COC(=O)C12C[C@@H]3C[C@H](CC(Br)(C3)C1)C2)N1CCC(c2ccccc2)=N1. The first-order chi connectivity index (χ1) is 13.4. The number of benzene rings is 1. The maximum Gasteiger partial charge on any atom is 0.312 e. The number of amides is 1. The summed E-state index contributed by atoms with van der Waals surface area (Å²) in [7, 11) is 0. The molecular formula is C22H25BrN2O3. The van der Waals surface area contributed by atoms with Gasteiger partial charge in [-0.25, -0.2) is 5.01 Å². The fourth-order valence-corrected chi connectivity index (χ4v) is 7.67. The first-order valence-electron chi connectivity index (χ1n) is 10.2. The van der Waals surface area contributed by atoms with Crippen LogP contribution in [0.5, 0.6) is 0 Å². The zero-order valence-corrected chi connectivity index (χ0v) is 17.5. The highest BCUT2D eigenvalue weighted by Gasteiger charge is 2.60. The third kappa shape index (κ3) is 3.19. The molecule has 0 unspecified atom stereocenters. The number of carbonyl (C=O) groups excluding carboxylic acids is 2. The van der Waals surface area contributed by atoms with Crippen LogP contribution in [0.25, 0.3) is 0 Å². The highest BCUT2D eigenvalue weighted by molar-refractivity contribution is 9.10. The van der Waals surface area contributed by atoms with Gasteiger partial charge in [0, 0.05) is 10.7 Å². The molecule has 0 spiro atoms. The molecule has 6 rings (SSSR count). The number of hydrazone groups is 1. The summed E-state index contributed by atoms with van der Waals surface area (Å²) < 4.78 is 5.67. The Morgan fingerprint density at radius 1 is 1.14 bits per heavy atom. The molecule has 0 saturated heterocycles. The lowest BCUT2D eigenvalue weighted by atomic mass is 9.49. The molecule has 1 aromatic carbocycles. The minimum atomic E-state index is -0.392. The monoisotopic (exact) mass is 444 g/mol. The van der Waals surface area contributed by atoms with Gasteiger partial charge in [-0.3, -0.25) is 9.59 Å². The fraction of sp³-hybridized carbons (Fsp3) is 0.591. The van der Waals surface area contributed by atoms with E-state index >= 15 is 0 Å². The van der Waals surface area contributed by atoms with Gasteiger partial charge in [0.15, 0.2) is 6.61 Å². The van der Waals surface area contributed by atoms with E-state index in [1.54, 1.807) is 0 Å². The van der Waals surface area contributed by atoms with E-state index < -0.39 is 5.41 Å². The van der Waals surface area contributed by atoms with Crippen molar-refractivity contribution in [2.24, 2.45) is 22.4 Å². The Labute approximate surface area is 173 Å². The van der Waals surface area contributed by atoms with Gasteiger partial charge in [-0.1, -0.05) is 46.3 Å². The van der Waals surface area contributed by atoms with Crippen LogP contribution in [0.15, 0.2) is 35.4 Å². The topological polar surface area (TPSA) is 59.0 Å². The molecule has 1 heterocycles. The van der Waals surface area contributed by atoms with Crippen molar-refractivity contribution < 1.29 is 14.3 Å². The molecule has 1 amide bonds. The molecule has 4 bridgehead atoms. The van der Waals surface area contributed by atoms with Gasteiger partial charge in [0.25, 0.3) is 5.91 Å². The van der Waals surface area contributed by atoms with Gasteiger partial charge in [0.2, 0.25) is 0 Å². The maximum absolute atomic E-state index is 13.0. The van der Waals surface area contributed by atoms with Crippen LogP contribution in [0, 0.1) is 17.3 Å². The fourth-order valence-electron chi connectivity index (χ4n) is 6.22. The number of ether oxygens (including phenoxy) is 1. The predicted molar refractivity (Wildman–Crippen MR) is 109 cm³/mol. The van der Waals surface area contributed by atoms with Crippen LogP contribution in [-0.4, -0.2) is 40.1 Å². The minimum Gasteiger partial charge on any atom is -0.455 e. The van der Waals surface area contributed by atoms with Crippen LogP contribution in [-0.2, 0) is 14.3 Å². The van der Waals surface area contributed by atoms with E-state index in [-0.39, 0.29) is 22.8 Å². The quantitative estimate of drug-likeness (QED) is 0.522. The minimum absolute atomic E-state index is 0.101. The zero-order chi connectivity index (χ0) is 19.4. The van der Waals surface area contributed by atoms with Gasteiger partial charge in [0.05, 0.1) is 17.7 Å². The first-order valence-corrected chi connectivity index (χ1v) is 11.0. The molecule has 1 aromatic rings. The summed E-state index contributed by atoms with van der Waals surface area (Å²) in [6.07, 6.45) is 6.99. The molecule has 1 aliphatic heterocycles. The van der Waals surface area contributed by atoms with Gasteiger partial charge < -0.3 is 4.74 Å². The van der Waals surface area contributed by atoms with E-state index in [4.69, 9.17) is 4.74 Å². The summed E-state index contributed by atoms with van der Waals surface area (Å²) in [5.41, 5.74) is 1.55. The Morgan fingerprint density at radius 2 is 1.86 bits per heavy atom. The van der Waals surface area contributed by atoms with Crippen molar-refractivity contribution in [1.29, 1.82) is 0 Å². The largest absolute Gasteiger partial charge is 0.455 e. The number of halogens is 1. The smallest absolute Gasteiger partial charge is 0.312 e. The molecule has 4 aliphatic carbocycles. The van der Waals surface area contributed by atoms with Gasteiger partial charge in [0.1, 0.15) is 0 Å². The summed E-state index contributed by atoms with van der Waals surface area (Å²) in [5.74, 6) is 0.809. The number of carbonyl (C=O) groups is 2. The van der Waals surface area contributed by atoms with Crippen molar-refractivity contribution in [3.05, 3.63) is 35.9 Å². The van der Waals surface area contributed by atoms with Gasteiger partial charge >= 0.3 is 5.97 Å². The second-order valence-electron chi connectivity index (χ2n) is 9.15. The van der Waals surface area contributed by atoms with Crippen LogP contribution < -0.4 is 0 Å². The number of hydrogen-bond acceptors (Lipinski definition) is 4. The van der Waals surface area contributed by atoms with E-state index in [0.717, 1.165) is 37.0 Å². The van der Waals surface area contributed by atoms with Crippen molar-refractivity contribution in [2.45, 2.75) is 49.3 Å². The zero-order valence-electron chi connectivity index (χ0n) is 15.9. The van der Waals surface area contributed by atoms with E-state index in [0.29, 0.717) is 18.4 Å². The number of alkyl halides is 1. The Balaban J connectivity index is 1.22. The third-order valence-corrected chi connectivity index (χ3v) is 7.87. The van der Waals surface area contributed by atoms with Gasteiger partial charge in [-0.15, -0.1) is 0 Å². The van der Waals surface area contributed by atoms with Gasteiger partial charge in [-0.05, 0) is 55.9 Å². The molecule has 148 valence electrons. The van der Waals surface area contributed by atoms with Crippen molar-refractivity contribution in [3.8, 4) is 0 Å². The van der Waals surface area contributed by atoms with E-state index in [1.807, 2.05) is 30.3 Å². The third-order valence-electron chi connectivity index (χ3n) is 6.95. The van der Waals surface area contributed by atoms with Crippen LogP contribution in [0.1, 0.15) is 50.5 Å². The van der Waals surface area contributed by atoms with Crippen LogP contribution in [0.2, 0.25) is 0 Å². The summed E-state index contributed by atoms with van der Waals surface area (Å²) in [5, 5.41) is 5.89. The summed E-state index contributed by atoms with van der Waals surface area (Å²) in [4.78, 5) is 25.5. The van der Waals surface area contributed by atoms with Crippen LogP contribution in [0.3, 0.4) is 0 Å². The standard InChI is InChI=1S/C22H25BrN2O3/c23-22-11-15-8-16(12-22)10-21(9-15,14-22)20(27)28-13-19(26)25-7-6-18(24-25)17-4-2-1-3-5-17/h1-5,15-16H,6-14H2/t15-,16-,21?,22?/m0/s1. The lowest BCUT2D eigenvalue weighted by Gasteiger charge is -2.58. The van der Waals surface area contributed by atoms with E-state index in [9.17, 15) is 9.59 Å². The number of esters is 1. The summed E-state index contributed by atoms with van der Waals surface area (Å²) in [6.45, 7) is 0.331. The van der Waals surface area contributed by atoms with Crippen LogP contribution >= 0.6 is 15.9 Å². The number of rotatable bonds is 4. The Bertz CT molecular complexity index is 823. The molecule has 2 atom stereocenters. The Kier molecular flexibility index (Phi) is 4.38. The molecule has 0 radical (unpaired) electrons. The highest BCUT2D eigenvalue weighted by atomic mass is 79.9. The van der Waals surface area contributed by atoms with Gasteiger partial charge in [-0.2, -0.15) is 5.10 Å². The lowest BCUT2D eigenvalue weighted by Crippen LogP contribution is -2.56. The molecule has 0 N–H and O–H groups in total. The molecule has 0 aromatic heterocycles. The Hall–Kier alpha value is -1.69. The highest BCUT2D eigenvalue weighted by Crippen LogP contribution is 2.64. The molecule has 4 saturated carbocycles. The maximum atomic E-state index is 13.0. The number of nitrogens with zero attached hydrogens (tertiary/aromatic N) is 2. The molecular weight excluding hydrogens is 420 g/mol. The lowest BCUT2D eigenvalue weighted by molar-refractivity contribution is -0.172. The average molecular weight is 445 g/mol. The summed E-state index contributed by atoms with van der Waals surface area (Å²) >= 11 is 3.92. The van der Waals surface area contributed by atoms with Crippen LogP contribution in [0.4, 0.5) is 0 Å². The molecule has 5 aliphatic rings. The molecule has 4 fully saturated rings. The number of hydrogen-bond donors (Lipinski definition) is 0. The van der Waals surface area contributed by atoms with Crippen molar-refractivity contribution in [2.75, 3.05) is 13.2 Å².